The predicted octanol–water partition coefficient (Wildman–Crippen LogP) is 3.72. The highest BCUT2D eigenvalue weighted by Gasteiger charge is 2.26. The van der Waals surface area contributed by atoms with Crippen LogP contribution in [0.3, 0.4) is 0 Å². The molecule has 0 aromatic carbocycles. The number of pyridine rings is 1. The third kappa shape index (κ3) is 7.18. The Balaban J connectivity index is 1.46. The van der Waals surface area contributed by atoms with Gasteiger partial charge >= 0.3 is 0 Å². The zero-order chi connectivity index (χ0) is 20.3. The van der Waals surface area contributed by atoms with Crippen molar-refractivity contribution in [3.63, 3.8) is 0 Å². The van der Waals surface area contributed by atoms with E-state index in [0.29, 0.717) is 25.1 Å². The second-order valence-electron chi connectivity index (χ2n) is 8.29. The van der Waals surface area contributed by atoms with Crippen LogP contribution < -0.4 is 15.4 Å². The summed E-state index contributed by atoms with van der Waals surface area (Å²) >= 11 is 0. The smallest absolute Gasteiger partial charge is 0.213 e. The molecule has 2 fully saturated rings. The highest BCUT2D eigenvalue weighted by atomic mass is 16.5. The van der Waals surface area contributed by atoms with Crippen LogP contribution in [0, 0.1) is 0 Å². The number of nitrogens with zero attached hydrogens (tertiary/aromatic N) is 3. The van der Waals surface area contributed by atoms with Crippen LogP contribution in [0.5, 0.6) is 5.88 Å². The molecule has 1 aromatic heterocycles. The number of ether oxygens (including phenoxy) is 1. The van der Waals surface area contributed by atoms with Crippen molar-refractivity contribution in [3.05, 3.63) is 23.9 Å². The van der Waals surface area contributed by atoms with Crippen LogP contribution in [0.25, 0.3) is 0 Å². The van der Waals surface area contributed by atoms with Crippen molar-refractivity contribution in [3.8, 4) is 5.88 Å². The van der Waals surface area contributed by atoms with Gasteiger partial charge in [-0.3, -0.25) is 0 Å². The van der Waals surface area contributed by atoms with E-state index in [4.69, 9.17) is 9.73 Å². The van der Waals surface area contributed by atoms with Crippen LogP contribution in [0.1, 0.15) is 70.8 Å². The molecule has 3 rings (SSSR count). The molecule has 2 N–H and O–H groups in total. The third-order valence-electron chi connectivity index (χ3n) is 5.98. The van der Waals surface area contributed by atoms with Gasteiger partial charge in [0.1, 0.15) is 0 Å². The Kier molecular flexibility index (Phi) is 9.06. The molecule has 0 unspecified atom stereocenters. The maximum absolute atomic E-state index is 5.55. The minimum Gasteiger partial charge on any atom is -0.478 e. The van der Waals surface area contributed by atoms with Crippen molar-refractivity contribution in [1.29, 1.82) is 0 Å². The van der Waals surface area contributed by atoms with E-state index in [1.807, 2.05) is 18.3 Å². The van der Waals surface area contributed by atoms with Gasteiger partial charge in [-0.05, 0) is 44.6 Å². The second-order valence-corrected chi connectivity index (χ2v) is 8.29. The van der Waals surface area contributed by atoms with Crippen LogP contribution in [-0.4, -0.2) is 54.2 Å². The van der Waals surface area contributed by atoms with E-state index in [1.165, 1.54) is 58.0 Å². The van der Waals surface area contributed by atoms with Gasteiger partial charge < -0.3 is 20.3 Å². The summed E-state index contributed by atoms with van der Waals surface area (Å²) in [6.45, 7) is 8.84. The lowest BCUT2D eigenvalue weighted by Crippen LogP contribution is -2.50. The average Bonchev–Trinajstić information content (AvgIpc) is 2.78. The lowest BCUT2D eigenvalue weighted by Gasteiger charge is -2.39. The Morgan fingerprint density at radius 3 is 2.59 bits per heavy atom. The molecule has 29 heavy (non-hydrogen) atoms. The van der Waals surface area contributed by atoms with Crippen LogP contribution in [0.4, 0.5) is 0 Å². The Morgan fingerprint density at radius 1 is 1.14 bits per heavy atom. The first-order valence-electron chi connectivity index (χ1n) is 11.6. The van der Waals surface area contributed by atoms with Gasteiger partial charge in [-0.2, -0.15) is 0 Å². The molecule has 162 valence electrons. The molecule has 1 aliphatic carbocycles. The Bertz CT molecular complexity index is 604. The second kappa shape index (κ2) is 12.0. The fourth-order valence-electron chi connectivity index (χ4n) is 4.34. The van der Waals surface area contributed by atoms with Crippen LogP contribution in [0.15, 0.2) is 23.3 Å². The van der Waals surface area contributed by atoms with E-state index in [9.17, 15) is 0 Å². The van der Waals surface area contributed by atoms with Crippen molar-refractivity contribution >= 4 is 5.96 Å². The standard InChI is InChI=1S/C23H39N5O/c1-3-16-29-22-11-10-19(17-25-22)18-26-23(24-4-2)27-20-12-14-28(15-13-20)21-8-6-5-7-9-21/h10-11,17,20-21H,3-9,12-16,18H2,1-2H3,(H2,24,26,27). The quantitative estimate of drug-likeness (QED) is 0.513. The zero-order valence-electron chi connectivity index (χ0n) is 18.3. The van der Waals surface area contributed by atoms with Crippen molar-refractivity contribution in [2.45, 2.75) is 83.8 Å². The lowest BCUT2D eigenvalue weighted by molar-refractivity contribution is 0.119. The van der Waals surface area contributed by atoms with E-state index < -0.39 is 0 Å². The van der Waals surface area contributed by atoms with Crippen molar-refractivity contribution in [1.82, 2.24) is 20.5 Å². The number of aromatic nitrogens is 1. The molecule has 0 bridgehead atoms. The number of piperidine rings is 1. The van der Waals surface area contributed by atoms with Gasteiger partial charge in [-0.25, -0.2) is 9.98 Å². The maximum atomic E-state index is 5.55. The van der Waals surface area contributed by atoms with Gasteiger partial charge in [-0.1, -0.05) is 32.3 Å². The lowest BCUT2D eigenvalue weighted by atomic mass is 9.92. The summed E-state index contributed by atoms with van der Waals surface area (Å²) in [6.07, 6.45) is 12.3. The number of rotatable bonds is 8. The molecule has 0 radical (unpaired) electrons. The fourth-order valence-corrected chi connectivity index (χ4v) is 4.34. The molecule has 1 saturated heterocycles. The molecule has 2 heterocycles. The number of guanidine groups is 1. The Morgan fingerprint density at radius 2 is 1.93 bits per heavy atom. The summed E-state index contributed by atoms with van der Waals surface area (Å²) in [6, 6.07) is 5.33. The summed E-state index contributed by atoms with van der Waals surface area (Å²) in [5.74, 6) is 1.60. The Hall–Kier alpha value is -1.82. The van der Waals surface area contributed by atoms with Crippen molar-refractivity contribution in [2.75, 3.05) is 26.2 Å². The van der Waals surface area contributed by atoms with Gasteiger partial charge in [0.05, 0.1) is 13.2 Å². The number of aliphatic imine (C=N–C) groups is 1. The van der Waals surface area contributed by atoms with Gasteiger partial charge in [0.15, 0.2) is 5.96 Å². The van der Waals surface area contributed by atoms with Gasteiger partial charge in [0.25, 0.3) is 0 Å². The normalized spacial score (nSPS) is 19.9. The first kappa shape index (κ1) is 21.9. The van der Waals surface area contributed by atoms with Crippen molar-refractivity contribution in [2.24, 2.45) is 4.99 Å². The van der Waals surface area contributed by atoms with E-state index in [2.05, 4.69) is 34.4 Å². The van der Waals surface area contributed by atoms with E-state index in [0.717, 1.165) is 30.5 Å². The summed E-state index contributed by atoms with van der Waals surface area (Å²) < 4.78 is 5.55. The summed E-state index contributed by atoms with van der Waals surface area (Å²) in [5, 5.41) is 7.05. The highest BCUT2D eigenvalue weighted by molar-refractivity contribution is 5.80. The first-order valence-corrected chi connectivity index (χ1v) is 11.6. The van der Waals surface area contributed by atoms with Crippen LogP contribution >= 0.6 is 0 Å². The van der Waals surface area contributed by atoms with Crippen molar-refractivity contribution < 1.29 is 4.74 Å². The molecule has 6 heteroatoms. The number of hydrogen-bond acceptors (Lipinski definition) is 4. The van der Waals surface area contributed by atoms with Gasteiger partial charge in [0.2, 0.25) is 5.88 Å². The maximum Gasteiger partial charge on any atom is 0.213 e. The Labute approximate surface area is 176 Å². The van der Waals surface area contributed by atoms with Gasteiger partial charge in [-0.15, -0.1) is 0 Å². The molecule has 0 atom stereocenters. The number of nitrogens with one attached hydrogen (secondary N) is 2. The average molecular weight is 402 g/mol. The molecule has 1 aliphatic heterocycles. The van der Waals surface area contributed by atoms with Crippen LogP contribution in [0.2, 0.25) is 0 Å². The molecule has 2 aliphatic rings. The molecule has 0 spiro atoms. The summed E-state index contributed by atoms with van der Waals surface area (Å²) in [4.78, 5) is 11.9. The number of hydrogen-bond donors (Lipinski definition) is 2. The monoisotopic (exact) mass is 401 g/mol. The highest BCUT2D eigenvalue weighted by Crippen LogP contribution is 2.25. The zero-order valence-corrected chi connectivity index (χ0v) is 18.3. The molecular formula is C23H39N5O. The molecule has 0 amide bonds. The summed E-state index contributed by atoms with van der Waals surface area (Å²) in [5.41, 5.74) is 1.10. The molecular weight excluding hydrogens is 362 g/mol. The molecule has 1 aromatic rings. The third-order valence-corrected chi connectivity index (χ3v) is 5.98. The topological polar surface area (TPSA) is 61.8 Å². The molecule has 1 saturated carbocycles. The SMILES string of the molecule is CCCOc1ccc(CN=C(NCC)NC2CCN(C3CCCCC3)CC2)cn1. The first-order chi connectivity index (χ1) is 14.3. The fraction of sp³-hybridized carbons (Fsp3) is 0.739. The predicted molar refractivity (Wildman–Crippen MR) is 119 cm³/mol. The van der Waals surface area contributed by atoms with E-state index in [1.54, 1.807) is 0 Å². The number of likely N-dealkylation sites (tertiary alicyclic amines) is 1. The van der Waals surface area contributed by atoms with E-state index in [-0.39, 0.29) is 0 Å². The van der Waals surface area contributed by atoms with E-state index >= 15 is 0 Å². The molecule has 6 nitrogen and oxygen atoms in total. The minimum atomic E-state index is 0.510. The summed E-state index contributed by atoms with van der Waals surface area (Å²) in [7, 11) is 0. The van der Waals surface area contributed by atoms with Gasteiger partial charge in [0, 0.05) is 44.0 Å². The van der Waals surface area contributed by atoms with Crippen LogP contribution in [-0.2, 0) is 6.54 Å². The largest absolute Gasteiger partial charge is 0.478 e. The minimum absolute atomic E-state index is 0.510.